The average molecular weight is 246 g/mol. The second-order valence-electron chi connectivity index (χ2n) is 3.88. The van der Waals surface area contributed by atoms with Crippen LogP contribution in [0.1, 0.15) is 26.7 Å². The quantitative estimate of drug-likeness (QED) is 0.283. The molecule has 94 valence electrons. The second kappa shape index (κ2) is 8.49. The molecule has 0 radical (unpaired) electrons. The molecule has 0 heterocycles. The first-order valence-electron chi connectivity index (χ1n) is 5.41. The summed E-state index contributed by atoms with van der Waals surface area (Å²) < 4.78 is 15.5. The van der Waals surface area contributed by atoms with E-state index in [-0.39, 0.29) is 5.97 Å². The normalized spacial score (nSPS) is 12.6. The Hall–Kier alpha value is -0.653. The minimum Gasteiger partial charge on any atom is -0.462 e. The number of hydrogen-bond acceptors (Lipinski definition) is 4. The van der Waals surface area contributed by atoms with Gasteiger partial charge >= 0.3 is 15.3 Å². The summed E-state index contributed by atoms with van der Waals surface area (Å²) >= 11 is 0. The van der Waals surface area contributed by atoms with E-state index in [1.807, 2.05) is 0 Å². The van der Waals surface area contributed by atoms with Crippen LogP contribution in [0, 0.1) is 0 Å². The molecule has 0 fully saturated rings. The fourth-order valence-corrected chi connectivity index (χ4v) is 3.02. The zero-order chi connectivity index (χ0) is 12.6. The molecule has 4 nitrogen and oxygen atoms in total. The van der Waals surface area contributed by atoms with Crippen LogP contribution in [-0.2, 0) is 18.4 Å². The van der Waals surface area contributed by atoms with Crippen molar-refractivity contribution in [3.63, 3.8) is 0 Å². The van der Waals surface area contributed by atoms with Gasteiger partial charge in [-0.25, -0.2) is 4.79 Å². The number of rotatable bonds is 8. The molecule has 0 bridgehead atoms. The summed E-state index contributed by atoms with van der Waals surface area (Å²) in [6.07, 6.45) is 1.78. The molecule has 0 aliphatic carbocycles. The van der Waals surface area contributed by atoms with Crippen LogP contribution < -0.4 is 0 Å². The molecule has 0 spiro atoms. The van der Waals surface area contributed by atoms with Gasteiger partial charge in [0.2, 0.25) is 0 Å². The van der Waals surface area contributed by atoms with E-state index in [9.17, 15) is 4.79 Å². The van der Waals surface area contributed by atoms with E-state index in [2.05, 4.69) is 13.5 Å². The van der Waals surface area contributed by atoms with Gasteiger partial charge in [-0.15, -0.1) is 0 Å². The van der Waals surface area contributed by atoms with Gasteiger partial charge in [-0.3, -0.25) is 0 Å². The van der Waals surface area contributed by atoms with Crippen molar-refractivity contribution in [3.05, 3.63) is 12.2 Å². The molecule has 16 heavy (non-hydrogen) atoms. The highest BCUT2D eigenvalue weighted by Crippen LogP contribution is 2.17. The molecule has 0 aliphatic rings. The first-order valence-corrected chi connectivity index (χ1v) is 7.02. The minimum atomic E-state index is -1.53. The summed E-state index contributed by atoms with van der Waals surface area (Å²) in [4.78, 5) is 11.1. The van der Waals surface area contributed by atoms with Crippen LogP contribution in [0.25, 0.3) is 0 Å². The maximum absolute atomic E-state index is 11.1. The van der Waals surface area contributed by atoms with Gasteiger partial charge in [0.25, 0.3) is 0 Å². The number of hydrogen-bond donors (Lipinski definition) is 0. The average Bonchev–Trinajstić information content (AvgIpc) is 2.25. The Bertz CT molecular complexity index is 226. The minimum absolute atomic E-state index is 0.320. The van der Waals surface area contributed by atoms with Gasteiger partial charge in [-0.1, -0.05) is 13.5 Å². The summed E-state index contributed by atoms with van der Waals surface area (Å²) in [6.45, 7) is 7.70. The molecule has 0 saturated carbocycles. The first kappa shape index (κ1) is 15.3. The largest absolute Gasteiger partial charge is 0.462 e. The van der Waals surface area contributed by atoms with Gasteiger partial charge in [0, 0.05) is 19.8 Å². The summed E-state index contributed by atoms with van der Waals surface area (Å²) in [5, 5.41) is 0. The predicted octanol–water partition coefficient (Wildman–Crippen LogP) is 1.79. The Kier molecular flexibility index (Phi) is 8.15. The summed E-state index contributed by atoms with van der Waals surface area (Å²) in [5.41, 5.74) is 0.854. The highest BCUT2D eigenvalue weighted by Gasteiger charge is 2.19. The van der Waals surface area contributed by atoms with Crippen LogP contribution in [0.3, 0.4) is 0 Å². The Morgan fingerprint density at radius 3 is 2.38 bits per heavy atom. The van der Waals surface area contributed by atoms with E-state index in [1.165, 1.54) is 0 Å². The van der Waals surface area contributed by atoms with E-state index < -0.39 is 9.28 Å². The maximum Gasteiger partial charge on any atom is 0.333 e. The third-order valence-corrected chi connectivity index (χ3v) is 4.51. The predicted molar refractivity (Wildman–Crippen MR) is 65.6 cm³/mol. The van der Waals surface area contributed by atoms with Gasteiger partial charge in [-0.05, 0) is 25.3 Å². The van der Waals surface area contributed by atoms with E-state index in [4.69, 9.17) is 13.6 Å². The van der Waals surface area contributed by atoms with Crippen molar-refractivity contribution in [2.24, 2.45) is 0 Å². The highest BCUT2D eigenvalue weighted by atomic mass is 28.3. The van der Waals surface area contributed by atoms with E-state index in [0.29, 0.717) is 17.7 Å². The third-order valence-electron chi connectivity index (χ3n) is 2.31. The molecule has 0 N–H and O–H groups in total. The number of carbonyl (C=O) groups is 1. The van der Waals surface area contributed by atoms with Crippen molar-refractivity contribution in [1.29, 1.82) is 0 Å². The van der Waals surface area contributed by atoms with Gasteiger partial charge in [0.1, 0.15) is 0 Å². The van der Waals surface area contributed by atoms with Gasteiger partial charge < -0.3 is 13.6 Å². The molecule has 0 saturated heterocycles. The van der Waals surface area contributed by atoms with Crippen LogP contribution in [0.4, 0.5) is 0 Å². The van der Waals surface area contributed by atoms with Gasteiger partial charge in [0.15, 0.2) is 0 Å². The van der Waals surface area contributed by atoms with Crippen molar-refractivity contribution in [2.75, 3.05) is 20.8 Å². The zero-order valence-electron chi connectivity index (χ0n) is 10.6. The zero-order valence-corrected chi connectivity index (χ0v) is 11.8. The molecular weight excluding hydrogens is 224 g/mol. The number of esters is 1. The molecule has 0 aliphatic heterocycles. The van der Waals surface area contributed by atoms with Crippen molar-refractivity contribution in [2.45, 2.75) is 32.2 Å². The molecular formula is C11H22O4Si. The summed E-state index contributed by atoms with van der Waals surface area (Å²) in [6, 6.07) is 0. The Balaban J connectivity index is 3.66. The maximum atomic E-state index is 11.1. The van der Waals surface area contributed by atoms with Crippen molar-refractivity contribution in [1.82, 2.24) is 0 Å². The first-order chi connectivity index (χ1) is 7.52. The van der Waals surface area contributed by atoms with Gasteiger partial charge in [0.05, 0.1) is 6.61 Å². The van der Waals surface area contributed by atoms with Crippen molar-refractivity contribution >= 4 is 15.3 Å². The van der Waals surface area contributed by atoms with Gasteiger partial charge in [-0.2, -0.15) is 0 Å². The van der Waals surface area contributed by atoms with E-state index >= 15 is 0 Å². The molecule has 0 aromatic heterocycles. The molecule has 1 atom stereocenters. The molecule has 0 aromatic carbocycles. The van der Waals surface area contributed by atoms with Crippen LogP contribution >= 0.6 is 0 Å². The SMILES string of the molecule is C=C(C)C(=O)OCCCC(C)[SiH](OC)OC. The monoisotopic (exact) mass is 246 g/mol. The van der Waals surface area contributed by atoms with E-state index in [1.54, 1.807) is 21.1 Å². The topological polar surface area (TPSA) is 44.8 Å². The Labute approximate surface area is 99.4 Å². The Morgan fingerprint density at radius 2 is 1.94 bits per heavy atom. The van der Waals surface area contributed by atoms with Crippen molar-refractivity contribution in [3.8, 4) is 0 Å². The van der Waals surface area contributed by atoms with Crippen LogP contribution in [0.2, 0.25) is 5.54 Å². The lowest BCUT2D eigenvalue weighted by Crippen LogP contribution is -2.24. The smallest absolute Gasteiger partial charge is 0.333 e. The fourth-order valence-electron chi connectivity index (χ4n) is 1.39. The second-order valence-corrected chi connectivity index (χ2v) is 6.69. The van der Waals surface area contributed by atoms with Crippen LogP contribution in [0.15, 0.2) is 12.2 Å². The number of ether oxygens (including phenoxy) is 1. The molecule has 1 unspecified atom stereocenters. The lowest BCUT2D eigenvalue weighted by Gasteiger charge is -2.18. The summed E-state index contributed by atoms with van der Waals surface area (Å²) in [7, 11) is 1.83. The third kappa shape index (κ3) is 6.04. The fraction of sp³-hybridized carbons (Fsp3) is 0.727. The highest BCUT2D eigenvalue weighted by molar-refractivity contribution is 6.46. The standard InChI is InChI=1S/C11H22O4Si/c1-9(2)11(12)15-8-6-7-10(3)16(13-4)14-5/h10,16H,1,6-8H2,2-5H3. The lowest BCUT2D eigenvalue weighted by molar-refractivity contribution is -0.139. The molecule has 5 heteroatoms. The van der Waals surface area contributed by atoms with Crippen molar-refractivity contribution < 1.29 is 18.4 Å². The molecule has 0 rings (SSSR count). The molecule has 0 aromatic rings. The summed E-state index contributed by atoms with van der Waals surface area (Å²) in [5.74, 6) is -0.320. The van der Waals surface area contributed by atoms with E-state index in [0.717, 1.165) is 12.8 Å². The Morgan fingerprint density at radius 1 is 1.38 bits per heavy atom. The van der Waals surface area contributed by atoms with Crippen LogP contribution in [0.5, 0.6) is 0 Å². The lowest BCUT2D eigenvalue weighted by atomic mass is 10.2. The van der Waals surface area contributed by atoms with Crippen LogP contribution in [-0.4, -0.2) is 36.1 Å². The molecule has 0 amide bonds. The number of carbonyl (C=O) groups excluding carboxylic acids is 1.